The van der Waals surface area contributed by atoms with Crippen LogP contribution in [0.5, 0.6) is 0 Å². The van der Waals surface area contributed by atoms with Gasteiger partial charge in [0, 0.05) is 25.6 Å². The Morgan fingerprint density at radius 2 is 1.77 bits per heavy atom. The number of hydrogen-bond acceptors (Lipinski definition) is 2. The summed E-state index contributed by atoms with van der Waals surface area (Å²) in [6.07, 6.45) is 0.688. The molecule has 26 heavy (non-hydrogen) atoms. The second-order valence-electron chi connectivity index (χ2n) is 6.10. The van der Waals surface area contributed by atoms with Gasteiger partial charge in [-0.3, -0.25) is 9.59 Å². The normalized spacial score (nSPS) is 11.7. The highest BCUT2D eigenvalue weighted by Gasteiger charge is 2.12. The summed E-state index contributed by atoms with van der Waals surface area (Å²) < 4.78 is 26.3. The third kappa shape index (κ3) is 5.95. The van der Waals surface area contributed by atoms with Gasteiger partial charge >= 0.3 is 0 Å². The maximum atomic E-state index is 13.5. The summed E-state index contributed by atoms with van der Waals surface area (Å²) >= 11 is 0. The molecule has 0 radical (unpaired) electrons. The summed E-state index contributed by atoms with van der Waals surface area (Å²) in [6, 6.07) is 12.7. The van der Waals surface area contributed by atoms with E-state index < -0.39 is 17.5 Å². The molecule has 0 aliphatic rings. The van der Waals surface area contributed by atoms with Crippen LogP contribution in [0.4, 0.5) is 8.78 Å². The van der Waals surface area contributed by atoms with Crippen LogP contribution < -0.4 is 10.6 Å². The SMILES string of the molecule is CC(CNC(=O)CCCNC(=O)c1ccc(F)cc1F)c1ccccc1. The molecule has 6 heteroatoms. The molecule has 2 rings (SSSR count). The highest BCUT2D eigenvalue weighted by atomic mass is 19.1. The Balaban J connectivity index is 1.66. The Bertz CT molecular complexity index is 751. The zero-order valence-electron chi connectivity index (χ0n) is 14.6. The molecule has 4 nitrogen and oxygen atoms in total. The number of benzene rings is 2. The molecule has 0 heterocycles. The largest absolute Gasteiger partial charge is 0.356 e. The average molecular weight is 360 g/mol. The smallest absolute Gasteiger partial charge is 0.254 e. The van der Waals surface area contributed by atoms with Gasteiger partial charge in [-0.1, -0.05) is 37.3 Å². The van der Waals surface area contributed by atoms with Crippen LogP contribution in [0, 0.1) is 11.6 Å². The van der Waals surface area contributed by atoms with E-state index >= 15 is 0 Å². The van der Waals surface area contributed by atoms with Crippen molar-refractivity contribution in [2.75, 3.05) is 13.1 Å². The minimum absolute atomic E-state index is 0.102. The highest BCUT2D eigenvalue weighted by Crippen LogP contribution is 2.13. The first-order valence-electron chi connectivity index (χ1n) is 8.52. The van der Waals surface area contributed by atoms with Crippen molar-refractivity contribution in [1.29, 1.82) is 0 Å². The standard InChI is InChI=1S/C20H22F2N2O2/c1-14(15-6-3-2-4-7-15)13-24-19(25)8-5-11-23-20(26)17-10-9-16(21)12-18(17)22/h2-4,6-7,9-10,12,14H,5,8,11,13H2,1H3,(H,23,26)(H,24,25). The van der Waals surface area contributed by atoms with E-state index in [-0.39, 0.29) is 30.4 Å². The van der Waals surface area contributed by atoms with Crippen molar-refractivity contribution in [2.24, 2.45) is 0 Å². The fourth-order valence-electron chi connectivity index (χ4n) is 2.47. The summed E-state index contributed by atoms with van der Waals surface area (Å²) in [5.41, 5.74) is 0.939. The van der Waals surface area contributed by atoms with Gasteiger partial charge < -0.3 is 10.6 Å². The molecule has 1 atom stereocenters. The minimum Gasteiger partial charge on any atom is -0.356 e. The molecular formula is C20H22F2N2O2. The van der Waals surface area contributed by atoms with E-state index in [1.807, 2.05) is 37.3 Å². The number of carbonyl (C=O) groups excluding carboxylic acids is 2. The lowest BCUT2D eigenvalue weighted by Crippen LogP contribution is -2.29. The van der Waals surface area contributed by atoms with Crippen LogP contribution in [0.1, 0.15) is 41.6 Å². The number of hydrogen-bond donors (Lipinski definition) is 2. The quantitative estimate of drug-likeness (QED) is 0.709. The van der Waals surface area contributed by atoms with Gasteiger partial charge in [0.25, 0.3) is 5.91 Å². The van der Waals surface area contributed by atoms with Crippen molar-refractivity contribution in [3.63, 3.8) is 0 Å². The Kier molecular flexibility index (Phi) is 7.26. The highest BCUT2D eigenvalue weighted by molar-refractivity contribution is 5.94. The molecule has 138 valence electrons. The van der Waals surface area contributed by atoms with E-state index in [4.69, 9.17) is 0 Å². The second kappa shape index (κ2) is 9.65. The number of carbonyl (C=O) groups is 2. The van der Waals surface area contributed by atoms with E-state index in [2.05, 4.69) is 10.6 Å². The summed E-state index contributed by atoms with van der Waals surface area (Å²) in [4.78, 5) is 23.7. The molecule has 0 saturated heterocycles. The predicted octanol–water partition coefficient (Wildman–Crippen LogP) is 3.39. The summed E-state index contributed by atoms with van der Waals surface area (Å²) in [5, 5.41) is 5.39. The van der Waals surface area contributed by atoms with Crippen molar-refractivity contribution < 1.29 is 18.4 Å². The first kappa shape index (κ1) is 19.6. The monoisotopic (exact) mass is 360 g/mol. The lowest BCUT2D eigenvalue weighted by molar-refractivity contribution is -0.121. The van der Waals surface area contributed by atoms with Crippen molar-refractivity contribution in [1.82, 2.24) is 10.6 Å². The summed E-state index contributed by atoms with van der Waals surface area (Å²) in [5.74, 6) is -2.16. The van der Waals surface area contributed by atoms with Crippen molar-refractivity contribution in [3.8, 4) is 0 Å². The van der Waals surface area contributed by atoms with Crippen LogP contribution in [-0.2, 0) is 4.79 Å². The van der Waals surface area contributed by atoms with Gasteiger partial charge in [0.1, 0.15) is 11.6 Å². The van der Waals surface area contributed by atoms with E-state index in [1.165, 1.54) is 0 Å². The molecule has 0 aliphatic heterocycles. The Labute approximate surface area is 151 Å². The number of rotatable bonds is 8. The number of nitrogens with one attached hydrogen (secondary N) is 2. The fraction of sp³-hybridized carbons (Fsp3) is 0.300. The molecule has 0 spiro atoms. The lowest BCUT2D eigenvalue weighted by atomic mass is 10.0. The molecular weight excluding hydrogens is 338 g/mol. The summed E-state index contributed by atoms with van der Waals surface area (Å²) in [6.45, 7) is 2.81. The summed E-state index contributed by atoms with van der Waals surface area (Å²) in [7, 11) is 0. The van der Waals surface area contributed by atoms with E-state index in [0.29, 0.717) is 19.0 Å². The first-order valence-corrected chi connectivity index (χ1v) is 8.52. The number of amides is 2. The maximum absolute atomic E-state index is 13.5. The first-order chi connectivity index (χ1) is 12.5. The van der Waals surface area contributed by atoms with Crippen molar-refractivity contribution in [2.45, 2.75) is 25.7 Å². The third-order valence-electron chi connectivity index (χ3n) is 4.02. The van der Waals surface area contributed by atoms with Crippen LogP contribution in [0.15, 0.2) is 48.5 Å². The van der Waals surface area contributed by atoms with Crippen molar-refractivity contribution in [3.05, 3.63) is 71.3 Å². The molecule has 2 aromatic carbocycles. The predicted molar refractivity (Wildman–Crippen MR) is 95.8 cm³/mol. The van der Waals surface area contributed by atoms with Gasteiger partial charge in [-0.2, -0.15) is 0 Å². The lowest BCUT2D eigenvalue weighted by Gasteiger charge is -2.13. The van der Waals surface area contributed by atoms with Crippen LogP contribution in [0.3, 0.4) is 0 Å². The van der Waals surface area contributed by atoms with Gasteiger partial charge in [0.05, 0.1) is 5.56 Å². The Morgan fingerprint density at radius 3 is 2.46 bits per heavy atom. The Hall–Kier alpha value is -2.76. The molecule has 0 fully saturated rings. The van der Waals surface area contributed by atoms with Gasteiger partial charge in [-0.05, 0) is 30.0 Å². The van der Waals surface area contributed by atoms with Gasteiger partial charge in [0.15, 0.2) is 0 Å². The zero-order chi connectivity index (χ0) is 18.9. The van der Waals surface area contributed by atoms with Gasteiger partial charge in [-0.25, -0.2) is 8.78 Å². The maximum Gasteiger partial charge on any atom is 0.254 e. The molecule has 2 aromatic rings. The Morgan fingerprint density at radius 1 is 1.04 bits per heavy atom. The van der Waals surface area contributed by atoms with Crippen LogP contribution in [-0.4, -0.2) is 24.9 Å². The van der Waals surface area contributed by atoms with E-state index in [9.17, 15) is 18.4 Å². The molecule has 0 aliphatic carbocycles. The van der Waals surface area contributed by atoms with Gasteiger partial charge in [-0.15, -0.1) is 0 Å². The van der Waals surface area contributed by atoms with Crippen LogP contribution in [0.25, 0.3) is 0 Å². The minimum atomic E-state index is -0.907. The zero-order valence-corrected chi connectivity index (χ0v) is 14.6. The molecule has 2 N–H and O–H groups in total. The molecule has 2 amide bonds. The average Bonchev–Trinajstić information content (AvgIpc) is 2.63. The number of halogens is 2. The second-order valence-corrected chi connectivity index (χ2v) is 6.10. The van der Waals surface area contributed by atoms with Gasteiger partial charge in [0.2, 0.25) is 5.91 Å². The topological polar surface area (TPSA) is 58.2 Å². The van der Waals surface area contributed by atoms with Crippen LogP contribution in [0.2, 0.25) is 0 Å². The molecule has 0 bridgehead atoms. The van der Waals surface area contributed by atoms with E-state index in [0.717, 1.165) is 17.7 Å². The van der Waals surface area contributed by atoms with Crippen LogP contribution >= 0.6 is 0 Å². The third-order valence-corrected chi connectivity index (χ3v) is 4.02. The molecule has 0 saturated carbocycles. The molecule has 0 aromatic heterocycles. The van der Waals surface area contributed by atoms with E-state index in [1.54, 1.807) is 0 Å². The molecule has 1 unspecified atom stereocenters. The fourth-order valence-corrected chi connectivity index (χ4v) is 2.47. The van der Waals surface area contributed by atoms with Crippen molar-refractivity contribution >= 4 is 11.8 Å².